The van der Waals surface area contributed by atoms with Crippen LogP contribution in [0.15, 0.2) is 42.5 Å². The zero-order chi connectivity index (χ0) is 19.2. The quantitative estimate of drug-likeness (QED) is 0.698. The first-order valence-electron chi connectivity index (χ1n) is 7.50. The molecule has 2 rings (SSSR count). The van der Waals surface area contributed by atoms with E-state index in [0.29, 0.717) is 25.3 Å². The topological polar surface area (TPSA) is 67.8 Å². The van der Waals surface area contributed by atoms with Gasteiger partial charge in [0, 0.05) is 18.2 Å². The average molecular weight is 390 g/mol. The third kappa shape index (κ3) is 6.36. The largest absolute Gasteiger partial charge is 0.573 e. The summed E-state index contributed by atoms with van der Waals surface area (Å²) in [6.45, 7) is 0.616. The van der Waals surface area contributed by atoms with E-state index in [4.69, 9.17) is 16.3 Å². The molecule has 0 aliphatic rings. The third-order valence-electron chi connectivity index (χ3n) is 3.14. The predicted molar refractivity (Wildman–Crippen MR) is 88.7 cm³/mol. The molecule has 2 aromatic carbocycles. The van der Waals surface area contributed by atoms with E-state index < -0.39 is 18.0 Å². The van der Waals surface area contributed by atoms with Crippen LogP contribution >= 0.6 is 11.6 Å². The monoisotopic (exact) mass is 389 g/mol. The maximum Gasteiger partial charge on any atom is 0.573 e. The fraction of sp³-hybridized carbons (Fsp3) is 0.235. The normalized spacial score (nSPS) is 11.1. The van der Waals surface area contributed by atoms with Crippen molar-refractivity contribution in [2.75, 3.05) is 13.2 Å². The first kappa shape index (κ1) is 19.7. The van der Waals surface area contributed by atoms with Crippen LogP contribution in [0.5, 0.6) is 17.2 Å². The van der Waals surface area contributed by atoms with Crippen LogP contribution in [0.2, 0.25) is 5.02 Å². The van der Waals surface area contributed by atoms with Crippen molar-refractivity contribution in [1.29, 1.82) is 0 Å². The van der Waals surface area contributed by atoms with Gasteiger partial charge in [-0.25, -0.2) is 0 Å². The number of rotatable bonds is 7. The minimum atomic E-state index is -4.77. The average Bonchev–Trinajstić information content (AvgIpc) is 2.57. The summed E-state index contributed by atoms with van der Waals surface area (Å²) in [5.41, 5.74) is 0.214. The lowest BCUT2D eigenvalue weighted by atomic mass is 10.2. The van der Waals surface area contributed by atoms with Gasteiger partial charge in [-0.05, 0) is 42.8 Å². The van der Waals surface area contributed by atoms with Gasteiger partial charge in [0.1, 0.15) is 17.2 Å². The minimum Gasteiger partial charge on any atom is -0.506 e. The Morgan fingerprint density at radius 3 is 2.38 bits per heavy atom. The molecule has 5 nitrogen and oxygen atoms in total. The summed E-state index contributed by atoms with van der Waals surface area (Å²) in [5, 5.41) is 12.1. The molecule has 2 aromatic rings. The molecule has 0 heterocycles. The molecule has 0 bridgehead atoms. The molecule has 2 N–H and O–H groups in total. The minimum absolute atomic E-state index is 0.0436. The third-order valence-corrected chi connectivity index (χ3v) is 3.45. The maximum atomic E-state index is 12.1. The van der Waals surface area contributed by atoms with Crippen molar-refractivity contribution < 1.29 is 32.5 Å². The molecular weight excluding hydrogens is 375 g/mol. The molecule has 26 heavy (non-hydrogen) atoms. The maximum absolute atomic E-state index is 12.1. The van der Waals surface area contributed by atoms with Crippen LogP contribution in [0.25, 0.3) is 0 Å². The number of benzene rings is 2. The second-order valence-corrected chi connectivity index (χ2v) is 5.55. The molecule has 0 atom stereocenters. The first-order chi connectivity index (χ1) is 12.2. The van der Waals surface area contributed by atoms with Gasteiger partial charge >= 0.3 is 6.36 Å². The lowest BCUT2D eigenvalue weighted by Crippen LogP contribution is -2.25. The van der Waals surface area contributed by atoms with Crippen LogP contribution in [0.3, 0.4) is 0 Å². The summed E-state index contributed by atoms with van der Waals surface area (Å²) in [6.07, 6.45) is -4.27. The highest BCUT2D eigenvalue weighted by Crippen LogP contribution is 2.27. The zero-order valence-corrected chi connectivity index (χ0v) is 14.1. The van der Waals surface area contributed by atoms with Crippen molar-refractivity contribution in [3.05, 3.63) is 53.1 Å². The van der Waals surface area contributed by atoms with Crippen molar-refractivity contribution in [2.24, 2.45) is 0 Å². The summed E-state index contributed by atoms with van der Waals surface area (Å²) in [6, 6.07) is 9.06. The van der Waals surface area contributed by atoms with E-state index in [2.05, 4.69) is 10.1 Å². The number of carbonyl (C=O) groups is 1. The summed E-state index contributed by atoms with van der Waals surface area (Å²) >= 11 is 5.75. The Bertz CT molecular complexity index is 751. The van der Waals surface area contributed by atoms with Crippen molar-refractivity contribution in [2.45, 2.75) is 12.8 Å². The number of nitrogens with one attached hydrogen (secondary N) is 1. The van der Waals surface area contributed by atoms with Gasteiger partial charge in [-0.2, -0.15) is 0 Å². The summed E-state index contributed by atoms with van der Waals surface area (Å²) in [5.74, 6) is -0.372. The van der Waals surface area contributed by atoms with Gasteiger partial charge in [0.2, 0.25) is 0 Å². The smallest absolute Gasteiger partial charge is 0.506 e. The van der Waals surface area contributed by atoms with Crippen LogP contribution in [-0.4, -0.2) is 30.5 Å². The molecule has 0 unspecified atom stereocenters. The molecule has 0 aliphatic carbocycles. The van der Waals surface area contributed by atoms with E-state index in [-0.39, 0.29) is 16.3 Å². The molecule has 0 saturated carbocycles. The molecule has 0 aromatic heterocycles. The van der Waals surface area contributed by atoms with E-state index in [0.717, 1.165) is 12.1 Å². The van der Waals surface area contributed by atoms with Crippen LogP contribution in [0, 0.1) is 0 Å². The van der Waals surface area contributed by atoms with Gasteiger partial charge in [-0.1, -0.05) is 11.6 Å². The molecule has 0 aliphatic heterocycles. The fourth-order valence-corrected chi connectivity index (χ4v) is 2.12. The van der Waals surface area contributed by atoms with Crippen LogP contribution in [-0.2, 0) is 0 Å². The number of hydrogen-bond donors (Lipinski definition) is 2. The van der Waals surface area contributed by atoms with E-state index in [9.17, 15) is 23.1 Å². The lowest BCUT2D eigenvalue weighted by molar-refractivity contribution is -0.274. The van der Waals surface area contributed by atoms with Gasteiger partial charge in [-0.15, -0.1) is 13.2 Å². The number of halogens is 4. The Labute approximate surface area is 152 Å². The van der Waals surface area contributed by atoms with Crippen LogP contribution in [0.1, 0.15) is 16.8 Å². The summed E-state index contributed by atoms with van der Waals surface area (Å²) in [4.78, 5) is 11.9. The molecule has 0 radical (unpaired) electrons. The number of carbonyl (C=O) groups excluding carboxylic acids is 1. The first-order valence-corrected chi connectivity index (χ1v) is 7.88. The molecule has 9 heteroatoms. The van der Waals surface area contributed by atoms with E-state index >= 15 is 0 Å². The molecule has 140 valence electrons. The number of phenols is 1. The summed E-state index contributed by atoms with van der Waals surface area (Å²) < 4.78 is 45.4. The molecule has 0 saturated heterocycles. The molecule has 1 amide bonds. The van der Waals surface area contributed by atoms with Crippen molar-refractivity contribution in [1.82, 2.24) is 5.32 Å². The Morgan fingerprint density at radius 2 is 1.77 bits per heavy atom. The standard InChI is InChI=1S/C17H15ClF3NO4/c18-14-10-13(6-7-15(14)23)25-9-1-8-22-16(24)11-2-4-12(5-3-11)26-17(19,20)21/h2-7,10,23H,1,8-9H2,(H,22,24). The second-order valence-electron chi connectivity index (χ2n) is 5.14. The van der Waals surface area contributed by atoms with Crippen molar-refractivity contribution in [3.8, 4) is 17.2 Å². The highest BCUT2D eigenvalue weighted by molar-refractivity contribution is 6.32. The van der Waals surface area contributed by atoms with E-state index in [1.807, 2.05) is 0 Å². The van der Waals surface area contributed by atoms with Crippen LogP contribution in [0.4, 0.5) is 13.2 Å². The summed E-state index contributed by atoms with van der Waals surface area (Å²) in [7, 11) is 0. The van der Waals surface area contributed by atoms with E-state index in [1.165, 1.54) is 24.3 Å². The Balaban J connectivity index is 1.72. The lowest BCUT2D eigenvalue weighted by Gasteiger charge is -2.10. The number of aromatic hydroxyl groups is 1. The Kier molecular flexibility index (Phi) is 6.57. The van der Waals surface area contributed by atoms with E-state index in [1.54, 1.807) is 6.07 Å². The van der Waals surface area contributed by atoms with Gasteiger partial charge in [0.15, 0.2) is 0 Å². The Hall–Kier alpha value is -2.61. The predicted octanol–water partition coefficient (Wildman–Crippen LogP) is 4.14. The Morgan fingerprint density at radius 1 is 1.12 bits per heavy atom. The number of phenolic OH excluding ortho intramolecular Hbond substituents is 1. The highest BCUT2D eigenvalue weighted by atomic mass is 35.5. The SMILES string of the molecule is O=C(NCCCOc1ccc(O)c(Cl)c1)c1ccc(OC(F)(F)F)cc1. The van der Waals surface area contributed by atoms with Crippen molar-refractivity contribution >= 4 is 17.5 Å². The highest BCUT2D eigenvalue weighted by Gasteiger charge is 2.31. The number of hydrogen-bond acceptors (Lipinski definition) is 4. The molecule has 0 fully saturated rings. The number of amides is 1. The van der Waals surface area contributed by atoms with Crippen molar-refractivity contribution in [3.63, 3.8) is 0 Å². The van der Waals surface area contributed by atoms with Gasteiger partial charge in [0.25, 0.3) is 5.91 Å². The molecule has 0 spiro atoms. The zero-order valence-electron chi connectivity index (χ0n) is 13.3. The second kappa shape index (κ2) is 8.66. The number of ether oxygens (including phenoxy) is 2. The van der Waals surface area contributed by atoms with Crippen LogP contribution < -0.4 is 14.8 Å². The van der Waals surface area contributed by atoms with Gasteiger partial charge in [-0.3, -0.25) is 4.79 Å². The van der Waals surface area contributed by atoms with Gasteiger partial charge in [0.05, 0.1) is 11.6 Å². The van der Waals surface area contributed by atoms with Gasteiger partial charge < -0.3 is 19.9 Å². The number of alkyl halides is 3. The fourth-order valence-electron chi connectivity index (χ4n) is 1.95. The molecular formula is C17H15ClF3NO4.